The average Bonchev–Trinajstić information content (AvgIpc) is 2.10. The predicted octanol–water partition coefficient (Wildman–Crippen LogP) is -0.736. The number of amides is 1. The van der Waals surface area contributed by atoms with Gasteiger partial charge in [0, 0.05) is 26.6 Å². The van der Waals surface area contributed by atoms with Crippen LogP contribution in [0, 0.1) is 0 Å². The molecule has 1 amide bonds. The van der Waals surface area contributed by atoms with Crippen LogP contribution < -0.4 is 5.32 Å². The van der Waals surface area contributed by atoms with Gasteiger partial charge in [-0.25, -0.2) is 4.18 Å². The van der Waals surface area contributed by atoms with Crippen molar-refractivity contribution in [3.05, 3.63) is 0 Å². The predicted molar refractivity (Wildman–Crippen MR) is 58.3 cm³/mol. The van der Waals surface area contributed by atoms with Crippen molar-refractivity contribution in [2.75, 3.05) is 33.3 Å². The highest BCUT2D eigenvalue weighted by molar-refractivity contribution is 7.80. The second kappa shape index (κ2) is 7.55. The van der Waals surface area contributed by atoms with E-state index in [1.165, 1.54) is 6.92 Å². The van der Waals surface area contributed by atoms with Gasteiger partial charge in [-0.15, -0.1) is 0 Å². The molecule has 0 atom stereocenters. The summed E-state index contributed by atoms with van der Waals surface area (Å²) >= 11 is 0. The van der Waals surface area contributed by atoms with Gasteiger partial charge in [0.1, 0.15) is 0 Å². The average molecular weight is 254 g/mol. The fourth-order valence-corrected chi connectivity index (χ4v) is 1.36. The van der Waals surface area contributed by atoms with Crippen LogP contribution in [0.1, 0.15) is 13.3 Å². The van der Waals surface area contributed by atoms with E-state index in [-0.39, 0.29) is 12.5 Å². The fraction of sp³-hybridized carbons (Fsp3) is 0.875. The van der Waals surface area contributed by atoms with Crippen molar-refractivity contribution in [1.29, 1.82) is 0 Å². The number of hydrogen-bond donors (Lipinski definition) is 2. The number of carbonyl (C=O) groups is 1. The van der Waals surface area contributed by atoms with Gasteiger partial charge in [0.2, 0.25) is 5.91 Å². The highest BCUT2D eigenvalue weighted by Gasteiger charge is 2.04. The van der Waals surface area contributed by atoms with Gasteiger partial charge in [-0.1, -0.05) is 0 Å². The van der Waals surface area contributed by atoms with Crippen molar-refractivity contribution in [3.63, 3.8) is 0 Å². The molecular weight excluding hydrogens is 236 g/mol. The number of rotatable bonds is 8. The third-order valence-electron chi connectivity index (χ3n) is 1.78. The normalized spacial score (nSPS) is 11.8. The zero-order chi connectivity index (χ0) is 12.6. The maximum absolute atomic E-state index is 10.6. The molecule has 2 N–H and O–H groups in total. The van der Waals surface area contributed by atoms with Crippen LogP contribution in [0.15, 0.2) is 0 Å². The van der Waals surface area contributed by atoms with E-state index in [1.54, 1.807) is 0 Å². The molecule has 0 aromatic heterocycles. The molecule has 0 rings (SSSR count). The lowest BCUT2D eigenvalue weighted by molar-refractivity contribution is -0.119. The lowest BCUT2D eigenvalue weighted by Crippen LogP contribution is -2.32. The largest absolute Gasteiger partial charge is 0.397 e. The Balaban J connectivity index is 3.44. The van der Waals surface area contributed by atoms with Crippen molar-refractivity contribution < 1.29 is 21.9 Å². The summed E-state index contributed by atoms with van der Waals surface area (Å²) in [6.07, 6.45) is 0.483. The molecule has 7 nitrogen and oxygen atoms in total. The topological polar surface area (TPSA) is 95.9 Å². The first-order chi connectivity index (χ1) is 7.31. The minimum Gasteiger partial charge on any atom is -0.355 e. The second-order valence-electron chi connectivity index (χ2n) is 3.39. The van der Waals surface area contributed by atoms with E-state index in [4.69, 9.17) is 4.55 Å². The molecule has 0 fully saturated rings. The van der Waals surface area contributed by atoms with Crippen molar-refractivity contribution >= 4 is 16.3 Å². The Morgan fingerprint density at radius 1 is 1.44 bits per heavy atom. The molecule has 0 aliphatic carbocycles. The lowest BCUT2D eigenvalue weighted by atomic mass is 10.4. The minimum absolute atomic E-state index is 0.0523. The Morgan fingerprint density at radius 2 is 2.06 bits per heavy atom. The van der Waals surface area contributed by atoms with E-state index in [0.29, 0.717) is 26.1 Å². The maximum Gasteiger partial charge on any atom is 0.397 e. The van der Waals surface area contributed by atoms with Crippen LogP contribution >= 0.6 is 0 Å². The van der Waals surface area contributed by atoms with Crippen LogP contribution in [0.5, 0.6) is 0 Å². The second-order valence-corrected chi connectivity index (χ2v) is 4.48. The monoisotopic (exact) mass is 254 g/mol. The third-order valence-corrected chi connectivity index (χ3v) is 2.25. The molecule has 0 bridgehead atoms. The Bertz CT molecular complexity index is 304. The number of nitrogens with zero attached hydrogens (tertiary/aromatic N) is 1. The first-order valence-electron chi connectivity index (χ1n) is 4.86. The maximum atomic E-state index is 10.6. The number of likely N-dealkylation sites (N-methyl/N-ethyl adjacent to an activating group) is 1. The molecule has 0 spiro atoms. The molecule has 8 heteroatoms. The van der Waals surface area contributed by atoms with Crippen LogP contribution in [0.2, 0.25) is 0 Å². The molecule has 0 unspecified atom stereocenters. The van der Waals surface area contributed by atoms with Gasteiger partial charge in [0.25, 0.3) is 0 Å². The van der Waals surface area contributed by atoms with E-state index in [0.717, 1.165) is 0 Å². The molecule has 0 aliphatic heterocycles. The Hall–Kier alpha value is -0.700. The number of nitrogens with one attached hydrogen (secondary N) is 1. The van der Waals surface area contributed by atoms with Gasteiger partial charge < -0.3 is 10.2 Å². The number of carbonyl (C=O) groups excluding carboxylic acids is 1. The molecule has 0 radical (unpaired) electrons. The smallest absolute Gasteiger partial charge is 0.355 e. The molecule has 0 aromatic rings. The van der Waals surface area contributed by atoms with Crippen LogP contribution in [0.3, 0.4) is 0 Å². The summed E-state index contributed by atoms with van der Waals surface area (Å²) in [5, 5.41) is 2.64. The van der Waals surface area contributed by atoms with Crippen molar-refractivity contribution in [2.24, 2.45) is 0 Å². The van der Waals surface area contributed by atoms with E-state index in [1.807, 2.05) is 11.9 Å². The van der Waals surface area contributed by atoms with Crippen LogP contribution in [-0.4, -0.2) is 57.1 Å². The van der Waals surface area contributed by atoms with Crippen molar-refractivity contribution in [3.8, 4) is 0 Å². The molecule has 0 saturated heterocycles. The zero-order valence-corrected chi connectivity index (χ0v) is 10.3. The summed E-state index contributed by atoms with van der Waals surface area (Å²) in [5.74, 6) is -0.0805. The molecule has 96 valence electrons. The lowest BCUT2D eigenvalue weighted by Gasteiger charge is -2.15. The van der Waals surface area contributed by atoms with Crippen LogP contribution in [0.25, 0.3) is 0 Å². The standard InChI is InChI=1S/C8H18N2O5S/c1-8(11)9-4-6-10(2)5-3-7-15-16(12,13)14/h3-7H2,1-2H3,(H,9,11)(H,12,13,14). The Labute approximate surface area is 95.7 Å². The van der Waals surface area contributed by atoms with Crippen molar-refractivity contribution in [2.45, 2.75) is 13.3 Å². The molecule has 0 heterocycles. The third kappa shape index (κ3) is 11.4. The van der Waals surface area contributed by atoms with Crippen LogP contribution in [-0.2, 0) is 19.4 Å². The highest BCUT2D eigenvalue weighted by Crippen LogP contribution is 1.91. The van der Waals surface area contributed by atoms with Gasteiger partial charge in [0.15, 0.2) is 0 Å². The summed E-state index contributed by atoms with van der Waals surface area (Å²) in [6, 6.07) is 0. The zero-order valence-electron chi connectivity index (χ0n) is 9.47. The first kappa shape index (κ1) is 15.3. The molecule has 16 heavy (non-hydrogen) atoms. The minimum atomic E-state index is -4.33. The van der Waals surface area contributed by atoms with Gasteiger partial charge in [-0.3, -0.25) is 9.35 Å². The molecule has 0 aliphatic rings. The Kier molecular flexibility index (Phi) is 7.22. The molecule has 0 saturated carbocycles. The van der Waals surface area contributed by atoms with E-state index in [9.17, 15) is 13.2 Å². The summed E-state index contributed by atoms with van der Waals surface area (Å²) in [5.41, 5.74) is 0. The summed E-state index contributed by atoms with van der Waals surface area (Å²) < 4.78 is 32.8. The molecular formula is C8H18N2O5S. The van der Waals surface area contributed by atoms with Crippen molar-refractivity contribution in [1.82, 2.24) is 10.2 Å². The van der Waals surface area contributed by atoms with Gasteiger partial charge in [0.05, 0.1) is 6.61 Å². The quantitative estimate of drug-likeness (QED) is 0.437. The SMILES string of the molecule is CC(=O)NCCN(C)CCCOS(=O)(=O)O. The van der Waals surface area contributed by atoms with Crippen LogP contribution in [0.4, 0.5) is 0 Å². The molecule has 0 aromatic carbocycles. The highest BCUT2D eigenvalue weighted by atomic mass is 32.3. The van der Waals surface area contributed by atoms with E-state index < -0.39 is 10.4 Å². The van der Waals surface area contributed by atoms with E-state index in [2.05, 4.69) is 9.50 Å². The number of hydrogen-bond acceptors (Lipinski definition) is 5. The fourth-order valence-electron chi connectivity index (χ4n) is 1.03. The van der Waals surface area contributed by atoms with Gasteiger partial charge in [-0.2, -0.15) is 8.42 Å². The van der Waals surface area contributed by atoms with Gasteiger partial charge >= 0.3 is 10.4 Å². The summed E-state index contributed by atoms with van der Waals surface area (Å²) in [6.45, 7) is 3.23. The van der Waals surface area contributed by atoms with E-state index >= 15 is 0 Å². The summed E-state index contributed by atoms with van der Waals surface area (Å²) in [7, 11) is -2.48. The van der Waals surface area contributed by atoms with Gasteiger partial charge in [-0.05, 0) is 13.5 Å². The summed E-state index contributed by atoms with van der Waals surface area (Å²) in [4.78, 5) is 12.5. The first-order valence-corrected chi connectivity index (χ1v) is 6.22. The Morgan fingerprint density at radius 3 is 2.56 bits per heavy atom.